The molecular formula is C23H27ClN4O2S. The van der Waals surface area contributed by atoms with Gasteiger partial charge in [-0.3, -0.25) is 9.79 Å². The molecule has 0 fully saturated rings. The molecule has 6 nitrogen and oxygen atoms in total. The number of hydrogen-bond donors (Lipinski definition) is 1. The minimum absolute atomic E-state index is 0.139. The van der Waals surface area contributed by atoms with Gasteiger partial charge in [0.1, 0.15) is 11.9 Å². The van der Waals surface area contributed by atoms with E-state index in [0.717, 1.165) is 42.2 Å². The molecule has 0 saturated carbocycles. The van der Waals surface area contributed by atoms with Crippen LogP contribution in [-0.4, -0.2) is 55.1 Å². The number of carbonyl (C=O) groups is 1. The van der Waals surface area contributed by atoms with Crippen LogP contribution in [0.3, 0.4) is 0 Å². The SMILES string of the molecule is CC(C)Cc1cc(C2=NCCN2C)ccc1C1=NOC(CNC(=O)c2ccc(Cl)s2)C1. The first-order chi connectivity index (χ1) is 14.9. The quantitative estimate of drug-likeness (QED) is 0.675. The molecule has 3 heterocycles. The Hall–Kier alpha value is -2.38. The summed E-state index contributed by atoms with van der Waals surface area (Å²) in [5, 5.41) is 7.28. The van der Waals surface area contributed by atoms with Gasteiger partial charge < -0.3 is 15.1 Å². The molecule has 0 aliphatic carbocycles. The van der Waals surface area contributed by atoms with E-state index in [2.05, 4.69) is 59.5 Å². The number of likely N-dealkylation sites (N-methyl/N-ethyl adjacent to an activating group) is 1. The van der Waals surface area contributed by atoms with Crippen LogP contribution in [0.15, 0.2) is 40.5 Å². The highest BCUT2D eigenvalue weighted by Crippen LogP contribution is 2.25. The highest BCUT2D eigenvalue weighted by Gasteiger charge is 2.26. The zero-order valence-corrected chi connectivity index (χ0v) is 19.6. The van der Waals surface area contributed by atoms with Gasteiger partial charge in [0.05, 0.1) is 28.0 Å². The summed E-state index contributed by atoms with van der Waals surface area (Å²) in [5.41, 5.74) is 4.47. The average Bonchev–Trinajstić information content (AvgIpc) is 3.47. The number of nitrogens with one attached hydrogen (secondary N) is 1. The maximum absolute atomic E-state index is 12.3. The molecule has 2 aliphatic rings. The van der Waals surface area contributed by atoms with E-state index >= 15 is 0 Å². The normalized spacial score (nSPS) is 18.2. The maximum Gasteiger partial charge on any atom is 0.261 e. The van der Waals surface area contributed by atoms with Crippen LogP contribution in [0.1, 0.15) is 46.6 Å². The van der Waals surface area contributed by atoms with Crippen LogP contribution in [0.5, 0.6) is 0 Å². The molecule has 1 aromatic carbocycles. The fourth-order valence-electron chi connectivity index (χ4n) is 3.89. The summed E-state index contributed by atoms with van der Waals surface area (Å²) >= 11 is 7.18. The van der Waals surface area contributed by atoms with Crippen LogP contribution in [0, 0.1) is 5.92 Å². The molecule has 1 N–H and O–H groups in total. The first kappa shape index (κ1) is 21.8. The molecule has 2 aromatic rings. The second kappa shape index (κ2) is 9.40. The van der Waals surface area contributed by atoms with Gasteiger partial charge in [-0.25, -0.2) is 0 Å². The molecule has 0 bridgehead atoms. The van der Waals surface area contributed by atoms with E-state index in [1.807, 2.05) is 0 Å². The monoisotopic (exact) mass is 458 g/mol. The summed E-state index contributed by atoms with van der Waals surface area (Å²) < 4.78 is 0.601. The summed E-state index contributed by atoms with van der Waals surface area (Å²) in [7, 11) is 2.08. The Balaban J connectivity index is 1.44. The van der Waals surface area contributed by atoms with Crippen molar-refractivity contribution in [2.75, 3.05) is 26.7 Å². The molecular weight excluding hydrogens is 432 g/mol. The largest absolute Gasteiger partial charge is 0.390 e. The maximum atomic E-state index is 12.3. The number of aliphatic imine (C=N–C) groups is 1. The van der Waals surface area contributed by atoms with E-state index in [1.165, 1.54) is 16.9 Å². The van der Waals surface area contributed by atoms with Gasteiger partial charge >= 0.3 is 0 Å². The molecule has 1 aromatic heterocycles. The molecule has 1 unspecified atom stereocenters. The smallest absolute Gasteiger partial charge is 0.261 e. The van der Waals surface area contributed by atoms with Crippen molar-refractivity contribution in [3.05, 3.63) is 56.2 Å². The molecule has 4 rings (SSSR count). The lowest BCUT2D eigenvalue weighted by Crippen LogP contribution is -2.31. The predicted octanol–water partition coefficient (Wildman–Crippen LogP) is 4.22. The third-order valence-corrected chi connectivity index (χ3v) is 6.61. The predicted molar refractivity (Wildman–Crippen MR) is 127 cm³/mol. The lowest BCUT2D eigenvalue weighted by molar-refractivity contribution is 0.0755. The Kier molecular flexibility index (Phi) is 6.62. The Bertz CT molecular complexity index is 1030. The lowest BCUT2D eigenvalue weighted by Gasteiger charge is -2.17. The highest BCUT2D eigenvalue weighted by atomic mass is 35.5. The van der Waals surface area contributed by atoms with Gasteiger partial charge in [-0.05, 0) is 36.1 Å². The van der Waals surface area contributed by atoms with Crippen molar-refractivity contribution < 1.29 is 9.63 Å². The number of benzene rings is 1. The average molecular weight is 459 g/mol. The number of amidine groups is 1. The Morgan fingerprint density at radius 1 is 1.35 bits per heavy atom. The van der Waals surface area contributed by atoms with Crippen LogP contribution in [0.25, 0.3) is 0 Å². The van der Waals surface area contributed by atoms with Gasteiger partial charge in [0.25, 0.3) is 5.91 Å². The number of nitrogens with zero attached hydrogens (tertiary/aromatic N) is 3. The standard InChI is InChI=1S/C23H27ClN4O2S/c1-14(2)10-16-11-15(22-25-8-9-28(22)3)4-5-18(16)19-12-17(30-27-19)13-26-23(29)20-6-7-21(24)31-20/h4-7,11,14,17H,8-10,12-13H2,1-3H3,(H,26,29). The molecule has 1 amide bonds. The van der Waals surface area contributed by atoms with Crippen LogP contribution >= 0.6 is 22.9 Å². The summed E-state index contributed by atoms with van der Waals surface area (Å²) in [6.07, 6.45) is 1.45. The van der Waals surface area contributed by atoms with Crippen molar-refractivity contribution in [3.8, 4) is 0 Å². The van der Waals surface area contributed by atoms with E-state index in [0.29, 0.717) is 28.1 Å². The highest BCUT2D eigenvalue weighted by molar-refractivity contribution is 7.18. The third-order valence-electron chi connectivity index (χ3n) is 5.38. The van der Waals surface area contributed by atoms with Crippen LogP contribution in [0.2, 0.25) is 4.34 Å². The summed E-state index contributed by atoms with van der Waals surface area (Å²) in [6, 6.07) is 9.96. The first-order valence-electron chi connectivity index (χ1n) is 10.6. The summed E-state index contributed by atoms with van der Waals surface area (Å²) in [5.74, 6) is 1.43. The third kappa shape index (κ3) is 5.10. The minimum atomic E-state index is -0.175. The van der Waals surface area contributed by atoms with Crippen molar-refractivity contribution in [1.29, 1.82) is 0 Å². The molecule has 164 valence electrons. The fraction of sp³-hybridized carbons (Fsp3) is 0.435. The first-order valence-corrected chi connectivity index (χ1v) is 11.8. The molecule has 31 heavy (non-hydrogen) atoms. The zero-order chi connectivity index (χ0) is 22.0. The van der Waals surface area contributed by atoms with E-state index in [1.54, 1.807) is 12.1 Å². The van der Waals surface area contributed by atoms with E-state index in [-0.39, 0.29) is 12.0 Å². The van der Waals surface area contributed by atoms with Crippen molar-refractivity contribution in [3.63, 3.8) is 0 Å². The van der Waals surface area contributed by atoms with Crippen LogP contribution in [0.4, 0.5) is 0 Å². The minimum Gasteiger partial charge on any atom is -0.390 e. The van der Waals surface area contributed by atoms with Gasteiger partial charge in [-0.2, -0.15) is 0 Å². The number of oxime groups is 1. The Labute approximate surface area is 191 Å². The summed E-state index contributed by atoms with van der Waals surface area (Å²) in [6.45, 7) is 6.65. The number of hydrogen-bond acceptors (Lipinski definition) is 6. The van der Waals surface area contributed by atoms with Crippen molar-refractivity contribution in [2.24, 2.45) is 16.1 Å². The number of thiophene rings is 1. The topological polar surface area (TPSA) is 66.3 Å². The molecule has 2 aliphatic heterocycles. The van der Waals surface area contributed by atoms with Crippen LogP contribution in [-0.2, 0) is 11.3 Å². The second-order valence-electron chi connectivity index (χ2n) is 8.38. The van der Waals surface area contributed by atoms with Crippen molar-refractivity contribution in [2.45, 2.75) is 32.8 Å². The fourth-order valence-corrected chi connectivity index (χ4v) is 4.85. The van der Waals surface area contributed by atoms with E-state index < -0.39 is 0 Å². The Morgan fingerprint density at radius 3 is 2.87 bits per heavy atom. The molecule has 0 saturated heterocycles. The van der Waals surface area contributed by atoms with Gasteiger partial charge in [0, 0.05) is 31.1 Å². The van der Waals surface area contributed by atoms with E-state index in [9.17, 15) is 4.79 Å². The number of carbonyl (C=O) groups excluding carboxylic acids is 1. The van der Waals surface area contributed by atoms with E-state index in [4.69, 9.17) is 16.4 Å². The van der Waals surface area contributed by atoms with Gasteiger partial charge in [-0.15, -0.1) is 11.3 Å². The molecule has 0 spiro atoms. The van der Waals surface area contributed by atoms with Gasteiger partial charge in [0.2, 0.25) is 0 Å². The number of rotatable bonds is 7. The number of halogens is 1. The molecule has 1 atom stereocenters. The zero-order valence-electron chi connectivity index (χ0n) is 18.0. The van der Waals surface area contributed by atoms with Crippen molar-refractivity contribution in [1.82, 2.24) is 10.2 Å². The van der Waals surface area contributed by atoms with Crippen molar-refractivity contribution >= 4 is 40.4 Å². The Morgan fingerprint density at radius 2 is 2.19 bits per heavy atom. The molecule has 0 radical (unpaired) electrons. The van der Waals surface area contributed by atoms with Crippen LogP contribution < -0.4 is 5.32 Å². The number of amides is 1. The lowest BCUT2D eigenvalue weighted by atomic mass is 9.91. The van der Waals surface area contributed by atoms with Gasteiger partial charge in [-0.1, -0.05) is 42.7 Å². The summed E-state index contributed by atoms with van der Waals surface area (Å²) in [4.78, 5) is 25.3. The second-order valence-corrected chi connectivity index (χ2v) is 10.1. The molecule has 8 heteroatoms. The van der Waals surface area contributed by atoms with Gasteiger partial charge in [0.15, 0.2) is 0 Å².